The Labute approximate surface area is 126 Å². The van der Waals surface area contributed by atoms with E-state index in [2.05, 4.69) is 4.98 Å². The molecule has 0 amide bonds. The molecule has 0 radical (unpaired) electrons. The Morgan fingerprint density at radius 3 is 2.05 bits per heavy atom. The molecule has 3 rings (SSSR count). The quantitative estimate of drug-likeness (QED) is 0.694. The average molecular weight is 292 g/mol. The number of hydrogen-bond donors (Lipinski definition) is 0. The summed E-state index contributed by atoms with van der Waals surface area (Å²) < 4.78 is 27.7. The molecule has 2 nitrogen and oxygen atoms in total. The lowest BCUT2D eigenvalue weighted by Gasteiger charge is -2.08. The zero-order valence-electron chi connectivity index (χ0n) is 11.4. The van der Waals surface area contributed by atoms with Crippen molar-refractivity contribution in [1.29, 1.82) is 5.26 Å². The van der Waals surface area contributed by atoms with Crippen molar-refractivity contribution < 1.29 is 8.78 Å². The summed E-state index contributed by atoms with van der Waals surface area (Å²) in [4.78, 5) is 4.17. The summed E-state index contributed by atoms with van der Waals surface area (Å²) >= 11 is 0. The predicted octanol–water partition coefficient (Wildman–Crippen LogP) is 4.57. The van der Waals surface area contributed by atoms with E-state index in [0.29, 0.717) is 11.1 Å². The lowest BCUT2D eigenvalue weighted by molar-refractivity contribution is 0.630. The number of nitrogens with zero attached hydrogens (tertiary/aromatic N) is 2. The number of pyridine rings is 1. The molecule has 0 aliphatic carbocycles. The molecule has 0 bridgehead atoms. The Morgan fingerprint density at radius 1 is 0.864 bits per heavy atom. The predicted molar refractivity (Wildman–Crippen MR) is 79.7 cm³/mol. The number of benzene rings is 2. The lowest BCUT2D eigenvalue weighted by atomic mass is 10.0. The lowest BCUT2D eigenvalue weighted by Crippen LogP contribution is -1.94. The van der Waals surface area contributed by atoms with Crippen LogP contribution in [-0.4, -0.2) is 4.98 Å². The van der Waals surface area contributed by atoms with Crippen molar-refractivity contribution in [2.75, 3.05) is 0 Å². The normalized spacial score (nSPS) is 10.2. The molecule has 0 aliphatic heterocycles. The van der Waals surface area contributed by atoms with E-state index in [9.17, 15) is 14.0 Å². The molecule has 2 aromatic carbocycles. The number of hydrogen-bond acceptors (Lipinski definition) is 2. The monoisotopic (exact) mass is 292 g/mol. The summed E-state index contributed by atoms with van der Waals surface area (Å²) in [6.07, 6.45) is 1.45. The minimum absolute atomic E-state index is 0.200. The minimum atomic E-state index is -0.454. The molecule has 0 fully saturated rings. The summed E-state index contributed by atoms with van der Waals surface area (Å²) in [5.74, 6) is -0.850. The minimum Gasteiger partial charge on any atom is -0.254 e. The third-order valence-electron chi connectivity index (χ3n) is 3.32. The topological polar surface area (TPSA) is 36.7 Å². The highest BCUT2D eigenvalue weighted by Crippen LogP contribution is 2.28. The van der Waals surface area contributed by atoms with Crippen molar-refractivity contribution in [3.05, 3.63) is 78.0 Å². The van der Waals surface area contributed by atoms with Gasteiger partial charge in [-0.15, -0.1) is 0 Å². The first-order valence-corrected chi connectivity index (χ1v) is 6.60. The molecule has 0 aliphatic rings. The molecular weight excluding hydrogens is 282 g/mol. The molecular formula is C18H10F2N2. The van der Waals surface area contributed by atoms with Gasteiger partial charge in [0.15, 0.2) is 0 Å². The number of rotatable bonds is 2. The van der Waals surface area contributed by atoms with Crippen molar-refractivity contribution in [2.24, 2.45) is 0 Å². The van der Waals surface area contributed by atoms with E-state index in [1.165, 1.54) is 24.4 Å². The molecule has 4 heteroatoms. The largest absolute Gasteiger partial charge is 0.254 e. The van der Waals surface area contributed by atoms with Gasteiger partial charge in [-0.3, -0.25) is 4.98 Å². The summed E-state index contributed by atoms with van der Waals surface area (Å²) in [5, 5.41) is 9.31. The maximum Gasteiger partial charge on any atom is 0.132 e. The fourth-order valence-corrected chi connectivity index (χ4v) is 2.26. The van der Waals surface area contributed by atoms with Gasteiger partial charge in [0.05, 0.1) is 11.3 Å². The number of aromatic nitrogens is 1. The zero-order chi connectivity index (χ0) is 15.5. The van der Waals surface area contributed by atoms with Gasteiger partial charge in [0.25, 0.3) is 0 Å². The Kier molecular flexibility index (Phi) is 3.63. The highest BCUT2D eigenvalue weighted by Gasteiger charge is 2.13. The maximum absolute atomic E-state index is 13.9. The molecule has 106 valence electrons. The van der Waals surface area contributed by atoms with Crippen LogP contribution < -0.4 is 0 Å². The van der Waals surface area contributed by atoms with E-state index in [-0.39, 0.29) is 16.8 Å². The van der Waals surface area contributed by atoms with E-state index in [0.717, 1.165) is 0 Å². The zero-order valence-corrected chi connectivity index (χ0v) is 11.4. The van der Waals surface area contributed by atoms with E-state index in [1.807, 2.05) is 6.07 Å². The van der Waals surface area contributed by atoms with Crippen LogP contribution in [0.2, 0.25) is 0 Å². The van der Waals surface area contributed by atoms with Gasteiger partial charge in [-0.2, -0.15) is 5.26 Å². The van der Waals surface area contributed by atoms with Crippen LogP contribution in [0.3, 0.4) is 0 Å². The second kappa shape index (κ2) is 5.74. The fraction of sp³-hybridized carbons (Fsp3) is 0. The summed E-state index contributed by atoms with van der Waals surface area (Å²) in [6, 6.07) is 15.9. The van der Waals surface area contributed by atoms with Gasteiger partial charge < -0.3 is 0 Å². The number of nitriles is 1. The smallest absolute Gasteiger partial charge is 0.132 e. The molecule has 0 saturated heterocycles. The molecule has 0 unspecified atom stereocenters. The van der Waals surface area contributed by atoms with Gasteiger partial charge in [0.1, 0.15) is 17.7 Å². The van der Waals surface area contributed by atoms with Crippen LogP contribution in [0.15, 0.2) is 60.8 Å². The first-order chi connectivity index (χ1) is 10.7. The van der Waals surface area contributed by atoms with Gasteiger partial charge in [-0.05, 0) is 24.3 Å². The van der Waals surface area contributed by atoms with Crippen LogP contribution in [0, 0.1) is 23.0 Å². The van der Waals surface area contributed by atoms with Crippen molar-refractivity contribution in [2.45, 2.75) is 0 Å². The van der Waals surface area contributed by atoms with Crippen molar-refractivity contribution in [3.63, 3.8) is 0 Å². The Hall–Kier alpha value is -3.06. The molecule has 1 heterocycles. The summed E-state index contributed by atoms with van der Waals surface area (Å²) in [5.41, 5.74) is 1.53. The molecule has 0 atom stereocenters. The third kappa shape index (κ3) is 2.45. The molecule has 0 N–H and O–H groups in total. The van der Waals surface area contributed by atoms with Crippen molar-refractivity contribution in [1.82, 2.24) is 4.98 Å². The standard InChI is InChI=1S/C18H10F2N2/c19-16-7-3-1-5-14(16)13-9-12(10-21)18(22-11-13)15-6-2-4-8-17(15)20/h1-9,11H. The van der Waals surface area contributed by atoms with Gasteiger partial charge in [-0.1, -0.05) is 30.3 Å². The van der Waals surface area contributed by atoms with Crippen LogP contribution in [0.25, 0.3) is 22.4 Å². The van der Waals surface area contributed by atoms with E-state index < -0.39 is 11.6 Å². The second-order valence-corrected chi connectivity index (χ2v) is 4.69. The van der Waals surface area contributed by atoms with Crippen LogP contribution in [0.5, 0.6) is 0 Å². The van der Waals surface area contributed by atoms with Gasteiger partial charge in [0, 0.05) is 22.9 Å². The summed E-state index contributed by atoms with van der Waals surface area (Å²) in [6.45, 7) is 0. The second-order valence-electron chi connectivity index (χ2n) is 4.69. The van der Waals surface area contributed by atoms with Crippen molar-refractivity contribution in [3.8, 4) is 28.5 Å². The molecule has 1 aromatic heterocycles. The van der Waals surface area contributed by atoms with Gasteiger partial charge in [-0.25, -0.2) is 8.78 Å². The fourth-order valence-electron chi connectivity index (χ4n) is 2.26. The highest BCUT2D eigenvalue weighted by atomic mass is 19.1. The first-order valence-electron chi connectivity index (χ1n) is 6.60. The SMILES string of the molecule is N#Cc1cc(-c2ccccc2F)cnc1-c1ccccc1F. The van der Waals surface area contributed by atoms with E-state index in [4.69, 9.17) is 0 Å². The molecule has 0 saturated carbocycles. The molecule has 0 spiro atoms. The van der Waals surface area contributed by atoms with E-state index >= 15 is 0 Å². The van der Waals surface area contributed by atoms with Crippen LogP contribution in [-0.2, 0) is 0 Å². The van der Waals surface area contributed by atoms with Crippen LogP contribution >= 0.6 is 0 Å². The summed E-state index contributed by atoms with van der Waals surface area (Å²) in [7, 11) is 0. The van der Waals surface area contributed by atoms with Gasteiger partial charge >= 0.3 is 0 Å². The Morgan fingerprint density at radius 2 is 1.45 bits per heavy atom. The molecule has 3 aromatic rings. The Bertz CT molecular complexity index is 882. The van der Waals surface area contributed by atoms with Gasteiger partial charge in [0.2, 0.25) is 0 Å². The van der Waals surface area contributed by atoms with E-state index in [1.54, 1.807) is 36.4 Å². The first kappa shape index (κ1) is 13.9. The van der Waals surface area contributed by atoms with Crippen molar-refractivity contribution >= 4 is 0 Å². The molecule has 22 heavy (non-hydrogen) atoms. The average Bonchev–Trinajstić information content (AvgIpc) is 2.55. The number of halogens is 2. The Balaban J connectivity index is 2.16. The van der Waals surface area contributed by atoms with Crippen LogP contribution in [0.1, 0.15) is 5.56 Å². The maximum atomic E-state index is 13.9. The third-order valence-corrected chi connectivity index (χ3v) is 3.32. The van der Waals surface area contributed by atoms with Crippen LogP contribution in [0.4, 0.5) is 8.78 Å². The highest BCUT2D eigenvalue weighted by molar-refractivity contribution is 5.73.